The second kappa shape index (κ2) is 2.54. The van der Waals surface area contributed by atoms with Crippen molar-refractivity contribution in [2.75, 3.05) is 11.5 Å². The Kier molecular flexibility index (Phi) is 2.63. The molecule has 0 rings (SSSR count). The number of nitrogens with two attached hydrogens (primary N) is 1. The molecule has 0 aromatic carbocycles. The lowest BCUT2D eigenvalue weighted by molar-refractivity contribution is 0.599. The van der Waals surface area contributed by atoms with Crippen molar-refractivity contribution in [2.45, 2.75) is 0 Å². The Hall–Kier alpha value is 0.260. The molecule has 0 aromatic heterocycles. The Balaban J connectivity index is 3.60. The van der Waals surface area contributed by atoms with Gasteiger partial charge in [0.15, 0.2) is 0 Å². The van der Waals surface area contributed by atoms with Crippen molar-refractivity contribution in [2.24, 2.45) is 5.14 Å². The zero-order chi connectivity index (χ0) is 5.91. The highest BCUT2D eigenvalue weighted by atomic mass is 32.2. The van der Waals surface area contributed by atoms with Gasteiger partial charge >= 0.3 is 0 Å². The number of hydrogen-bond donors (Lipinski definition) is 1. The predicted molar refractivity (Wildman–Crippen MR) is 30.4 cm³/mol. The second-order valence-electron chi connectivity index (χ2n) is 1.07. The number of primary sulfonamides is 1. The molecule has 2 N–H and O–H groups in total. The summed E-state index contributed by atoms with van der Waals surface area (Å²) in [5.41, 5.74) is 0. The summed E-state index contributed by atoms with van der Waals surface area (Å²) in [5.74, 6) is 0.0845. The van der Waals surface area contributed by atoms with E-state index in [4.69, 9.17) is 0 Å². The summed E-state index contributed by atoms with van der Waals surface area (Å²) in [5, 5.41) is 4.55. The molecule has 0 amide bonds. The van der Waals surface area contributed by atoms with Gasteiger partial charge in [-0.3, -0.25) is 0 Å². The van der Waals surface area contributed by atoms with E-state index in [1.165, 1.54) is 0 Å². The van der Waals surface area contributed by atoms with Crippen molar-refractivity contribution in [1.82, 2.24) is 0 Å². The van der Waals surface area contributed by atoms with E-state index in [-0.39, 0.29) is 11.5 Å². The van der Waals surface area contributed by atoms with Crippen LogP contribution in [-0.4, -0.2) is 19.9 Å². The average Bonchev–Trinajstić information content (AvgIpc) is 1.30. The van der Waals surface area contributed by atoms with Crippen molar-refractivity contribution < 1.29 is 8.42 Å². The van der Waals surface area contributed by atoms with Crippen LogP contribution < -0.4 is 5.14 Å². The number of sulfonamides is 1. The molecule has 3 nitrogen and oxygen atoms in total. The molecule has 0 aliphatic heterocycles. The van der Waals surface area contributed by atoms with Gasteiger partial charge < -0.3 is 0 Å². The minimum absolute atomic E-state index is 0.0949. The maximum Gasteiger partial charge on any atom is 0.209 e. The smallest absolute Gasteiger partial charge is 0.209 e. The van der Waals surface area contributed by atoms with E-state index >= 15 is 0 Å². The van der Waals surface area contributed by atoms with Gasteiger partial charge in [-0.15, -0.1) is 0 Å². The maximum absolute atomic E-state index is 9.94. The van der Waals surface area contributed by atoms with Crippen molar-refractivity contribution in [3.63, 3.8) is 0 Å². The summed E-state index contributed by atoms with van der Waals surface area (Å²) in [7, 11) is -3.28. The maximum atomic E-state index is 9.94. The van der Waals surface area contributed by atoms with E-state index in [2.05, 4.69) is 17.8 Å². The van der Waals surface area contributed by atoms with Gasteiger partial charge in [0.1, 0.15) is 0 Å². The Morgan fingerprint density at radius 1 is 1.57 bits per heavy atom. The van der Waals surface area contributed by atoms with Gasteiger partial charge in [0.2, 0.25) is 10.0 Å². The van der Waals surface area contributed by atoms with Crippen LogP contribution in [0.3, 0.4) is 0 Å². The monoisotopic (exact) mass is 140 g/mol. The third kappa shape index (κ3) is 6.26. The Bertz CT molecular complexity index is 127. The number of hydrogen-bond acceptors (Lipinski definition) is 2. The topological polar surface area (TPSA) is 60.2 Å². The van der Waals surface area contributed by atoms with Crippen molar-refractivity contribution in [1.29, 1.82) is 0 Å². The highest BCUT2D eigenvalue weighted by molar-refractivity contribution is 7.90. The molecule has 0 spiro atoms. The summed E-state index contributed by atoms with van der Waals surface area (Å²) in [6.45, 7) is 0. The fraction of sp³-hybridized carbons (Fsp3) is 1.00. The van der Waals surface area contributed by atoms with Crippen molar-refractivity contribution >= 4 is 22.7 Å². The van der Waals surface area contributed by atoms with Crippen LogP contribution in [-0.2, 0) is 10.0 Å². The first kappa shape index (κ1) is 7.26. The lowest BCUT2D eigenvalue weighted by Crippen LogP contribution is -2.16. The summed E-state index contributed by atoms with van der Waals surface area (Å²) in [6.07, 6.45) is 0. The van der Waals surface area contributed by atoms with Gasteiger partial charge in [-0.25, -0.2) is 13.6 Å². The van der Waals surface area contributed by atoms with Crippen LogP contribution >= 0.6 is 12.6 Å². The molecule has 43 valence electrons. The van der Waals surface area contributed by atoms with Crippen LogP contribution in [0.15, 0.2) is 0 Å². The first-order chi connectivity index (χ1) is 3.06. The fourth-order valence-electron chi connectivity index (χ4n) is 0.116. The van der Waals surface area contributed by atoms with Gasteiger partial charge in [-0.2, -0.15) is 0 Å². The van der Waals surface area contributed by atoms with Crippen molar-refractivity contribution in [3.8, 4) is 0 Å². The minimum atomic E-state index is -3.28. The molecule has 0 aliphatic rings. The van der Waals surface area contributed by atoms with E-state index in [0.29, 0.717) is 0 Å². The van der Waals surface area contributed by atoms with Crippen LogP contribution in [0.5, 0.6) is 0 Å². The minimum Gasteiger partial charge on any atom is -0.229 e. The van der Waals surface area contributed by atoms with Crippen LogP contribution in [0, 0.1) is 0 Å². The Morgan fingerprint density at radius 2 is 2.00 bits per heavy atom. The normalized spacial score (nSPS) is 11.7. The molecule has 7 heavy (non-hydrogen) atoms. The zero-order valence-electron chi connectivity index (χ0n) is 3.62. The molecule has 0 aromatic rings. The van der Waals surface area contributed by atoms with E-state index in [1.54, 1.807) is 0 Å². The van der Waals surface area contributed by atoms with Crippen LogP contribution in [0.4, 0.5) is 0 Å². The molecule has 0 heterocycles. The molecule has 0 unspecified atom stereocenters. The lowest BCUT2D eigenvalue weighted by Gasteiger charge is -1.86. The standard InChI is InChI=1S/C2H6NO2S2/c3-7(4,5)2-1-6/h1-2H2,(H2,3,4,5). The first-order valence-corrected chi connectivity index (χ1v) is 3.94. The highest BCUT2D eigenvalue weighted by Gasteiger charge is 1.96. The summed E-state index contributed by atoms with van der Waals surface area (Å²) >= 11 is 4.34. The van der Waals surface area contributed by atoms with Crippen LogP contribution in [0.2, 0.25) is 0 Å². The average molecular weight is 140 g/mol. The molecule has 0 atom stereocenters. The van der Waals surface area contributed by atoms with Crippen molar-refractivity contribution in [3.05, 3.63) is 0 Å². The molecule has 5 heteroatoms. The van der Waals surface area contributed by atoms with Crippen LogP contribution in [0.1, 0.15) is 0 Å². The second-order valence-corrected chi connectivity index (χ2v) is 3.21. The fourth-order valence-corrected chi connectivity index (χ4v) is 1.05. The molecule has 0 bridgehead atoms. The quantitative estimate of drug-likeness (QED) is 0.560. The third-order valence-corrected chi connectivity index (χ3v) is 1.60. The SMILES string of the molecule is NS(=O)(=O)CC[S]. The van der Waals surface area contributed by atoms with Gasteiger partial charge in [-0.1, -0.05) is 12.6 Å². The van der Waals surface area contributed by atoms with Gasteiger partial charge in [0.25, 0.3) is 0 Å². The predicted octanol–water partition coefficient (Wildman–Crippen LogP) is -0.528. The van der Waals surface area contributed by atoms with E-state index in [0.717, 1.165) is 0 Å². The van der Waals surface area contributed by atoms with Gasteiger partial charge in [0, 0.05) is 5.75 Å². The lowest BCUT2D eigenvalue weighted by atomic mass is 11.0. The van der Waals surface area contributed by atoms with Gasteiger partial charge in [-0.05, 0) is 0 Å². The highest BCUT2D eigenvalue weighted by Crippen LogP contribution is 1.78. The Morgan fingerprint density at radius 3 is 2.00 bits per heavy atom. The molecule has 0 saturated carbocycles. The zero-order valence-corrected chi connectivity index (χ0v) is 5.26. The third-order valence-electron chi connectivity index (χ3n) is 0.368. The van der Waals surface area contributed by atoms with E-state index < -0.39 is 10.0 Å². The van der Waals surface area contributed by atoms with E-state index in [9.17, 15) is 8.42 Å². The number of rotatable bonds is 2. The summed E-state index contributed by atoms with van der Waals surface area (Å²) < 4.78 is 19.9. The summed E-state index contributed by atoms with van der Waals surface area (Å²) in [4.78, 5) is 0. The van der Waals surface area contributed by atoms with Crippen LogP contribution in [0.25, 0.3) is 0 Å². The first-order valence-electron chi connectivity index (χ1n) is 1.65. The summed E-state index contributed by atoms with van der Waals surface area (Å²) in [6, 6.07) is 0. The largest absolute Gasteiger partial charge is 0.229 e. The van der Waals surface area contributed by atoms with Gasteiger partial charge in [0.05, 0.1) is 5.75 Å². The Labute approximate surface area is 48.4 Å². The molecule has 0 saturated heterocycles. The molecule has 0 aliphatic carbocycles. The van der Waals surface area contributed by atoms with E-state index in [1.807, 2.05) is 0 Å². The molecule has 1 radical (unpaired) electrons. The molecule has 0 fully saturated rings. The molecular formula is C2H6NO2S2. The molecular weight excluding hydrogens is 134 g/mol.